The van der Waals surface area contributed by atoms with Gasteiger partial charge in [-0.15, -0.1) is 0 Å². The Bertz CT molecular complexity index is 648. The number of hydrogen-bond donors (Lipinski definition) is 1. The molecule has 4 nitrogen and oxygen atoms in total. The zero-order valence-corrected chi connectivity index (χ0v) is 13.4. The van der Waals surface area contributed by atoms with Crippen LogP contribution >= 0.6 is 11.6 Å². The molecule has 0 radical (unpaired) electrons. The van der Waals surface area contributed by atoms with Gasteiger partial charge in [0.25, 0.3) is 0 Å². The predicted octanol–water partition coefficient (Wildman–Crippen LogP) is 3.68. The number of hydrogen-bond acceptors (Lipinski definition) is 3. The molecule has 0 saturated carbocycles. The number of ether oxygens (including phenoxy) is 2. The molecule has 0 aliphatic carbocycles. The summed E-state index contributed by atoms with van der Waals surface area (Å²) in [5.41, 5.74) is 0.702. The Hall–Kier alpha value is -2.34. The summed E-state index contributed by atoms with van der Waals surface area (Å²) in [4.78, 5) is 11.8. The van der Waals surface area contributed by atoms with Crippen LogP contribution in [0, 0.1) is 0 Å². The normalized spacial score (nSPS) is 10.5. The summed E-state index contributed by atoms with van der Waals surface area (Å²) in [6, 6.07) is 12.9. The molecule has 0 bridgehead atoms. The lowest BCUT2D eigenvalue weighted by molar-refractivity contribution is -0.120. The van der Waals surface area contributed by atoms with Gasteiger partial charge in [-0.3, -0.25) is 4.79 Å². The van der Waals surface area contributed by atoms with Crippen molar-refractivity contribution in [2.75, 3.05) is 13.2 Å². The minimum atomic E-state index is -2.86. The van der Waals surface area contributed by atoms with E-state index in [4.69, 9.17) is 16.3 Å². The number of amides is 1. The Morgan fingerprint density at radius 3 is 2.29 bits per heavy atom. The van der Waals surface area contributed by atoms with E-state index in [9.17, 15) is 13.6 Å². The third kappa shape index (κ3) is 6.42. The molecule has 2 aromatic rings. The zero-order valence-electron chi connectivity index (χ0n) is 12.7. The van der Waals surface area contributed by atoms with Crippen molar-refractivity contribution in [1.29, 1.82) is 0 Å². The number of halogens is 3. The van der Waals surface area contributed by atoms with Crippen molar-refractivity contribution in [3.63, 3.8) is 0 Å². The summed E-state index contributed by atoms with van der Waals surface area (Å²) in [6.07, 6.45) is 0.149. The van der Waals surface area contributed by atoms with Gasteiger partial charge in [0.2, 0.25) is 5.91 Å². The first-order valence-corrected chi connectivity index (χ1v) is 7.59. The number of carbonyl (C=O) groups is 1. The van der Waals surface area contributed by atoms with Crippen molar-refractivity contribution in [2.24, 2.45) is 0 Å². The molecule has 1 N–H and O–H groups in total. The van der Waals surface area contributed by atoms with Gasteiger partial charge in [0.15, 0.2) is 0 Å². The van der Waals surface area contributed by atoms with Gasteiger partial charge in [-0.1, -0.05) is 23.7 Å². The van der Waals surface area contributed by atoms with Crippen LogP contribution in [-0.4, -0.2) is 25.7 Å². The standard InChI is InChI=1S/C17H16ClF2NO3/c18-13-3-7-14(8-4-13)23-10-9-21-16(22)11-12-1-5-15(6-2-12)24-17(19)20/h1-8,17H,9-11H2,(H,21,22). The van der Waals surface area contributed by atoms with Gasteiger partial charge in [0.1, 0.15) is 18.1 Å². The molecule has 7 heteroatoms. The molecular formula is C17H16ClF2NO3. The quantitative estimate of drug-likeness (QED) is 0.735. The van der Waals surface area contributed by atoms with Crippen LogP contribution in [-0.2, 0) is 11.2 Å². The fourth-order valence-corrected chi connectivity index (χ4v) is 2.05. The van der Waals surface area contributed by atoms with Crippen LogP contribution in [0.15, 0.2) is 48.5 Å². The van der Waals surface area contributed by atoms with E-state index >= 15 is 0 Å². The average Bonchev–Trinajstić information content (AvgIpc) is 2.55. The average molecular weight is 356 g/mol. The molecule has 0 fully saturated rings. The summed E-state index contributed by atoms with van der Waals surface area (Å²) in [5, 5.41) is 3.34. The minimum absolute atomic E-state index is 0.0607. The summed E-state index contributed by atoms with van der Waals surface area (Å²) in [6.45, 7) is -2.18. The highest BCUT2D eigenvalue weighted by Gasteiger charge is 2.06. The number of carbonyl (C=O) groups excluding carboxylic acids is 1. The van der Waals surface area contributed by atoms with Gasteiger partial charge in [-0.25, -0.2) is 0 Å². The SMILES string of the molecule is O=C(Cc1ccc(OC(F)F)cc1)NCCOc1ccc(Cl)cc1. The molecule has 1 amide bonds. The molecule has 0 saturated heterocycles. The highest BCUT2D eigenvalue weighted by Crippen LogP contribution is 2.16. The lowest BCUT2D eigenvalue weighted by Crippen LogP contribution is -2.29. The summed E-state index contributed by atoms with van der Waals surface area (Å²) >= 11 is 5.77. The molecule has 0 unspecified atom stereocenters. The van der Waals surface area contributed by atoms with E-state index in [0.717, 1.165) is 0 Å². The van der Waals surface area contributed by atoms with Crippen LogP contribution < -0.4 is 14.8 Å². The summed E-state index contributed by atoms with van der Waals surface area (Å²) < 4.78 is 33.8. The van der Waals surface area contributed by atoms with Crippen LogP contribution in [0.5, 0.6) is 11.5 Å². The highest BCUT2D eigenvalue weighted by molar-refractivity contribution is 6.30. The van der Waals surface area contributed by atoms with Gasteiger partial charge in [0.05, 0.1) is 13.0 Å². The number of nitrogens with one attached hydrogen (secondary N) is 1. The van der Waals surface area contributed by atoms with E-state index in [1.165, 1.54) is 12.1 Å². The second kappa shape index (κ2) is 9.08. The van der Waals surface area contributed by atoms with E-state index in [1.54, 1.807) is 36.4 Å². The molecule has 0 aliphatic heterocycles. The molecule has 0 aliphatic rings. The Balaban J connectivity index is 1.68. The van der Waals surface area contributed by atoms with Gasteiger partial charge < -0.3 is 14.8 Å². The second-order valence-electron chi connectivity index (χ2n) is 4.85. The van der Waals surface area contributed by atoms with E-state index < -0.39 is 6.61 Å². The first-order valence-electron chi connectivity index (χ1n) is 7.22. The number of rotatable bonds is 8. The van der Waals surface area contributed by atoms with Crippen LogP contribution in [0.1, 0.15) is 5.56 Å². The van der Waals surface area contributed by atoms with Gasteiger partial charge >= 0.3 is 6.61 Å². The highest BCUT2D eigenvalue weighted by atomic mass is 35.5. The predicted molar refractivity (Wildman–Crippen MR) is 86.7 cm³/mol. The van der Waals surface area contributed by atoms with Gasteiger partial charge in [-0.05, 0) is 42.0 Å². The fraction of sp³-hybridized carbons (Fsp3) is 0.235. The van der Waals surface area contributed by atoms with E-state index in [-0.39, 0.29) is 18.1 Å². The van der Waals surface area contributed by atoms with Gasteiger partial charge in [-0.2, -0.15) is 8.78 Å². The van der Waals surface area contributed by atoms with E-state index in [1.807, 2.05) is 0 Å². The van der Waals surface area contributed by atoms with Gasteiger partial charge in [0, 0.05) is 5.02 Å². The number of benzene rings is 2. The molecule has 24 heavy (non-hydrogen) atoms. The molecule has 0 heterocycles. The Kier molecular flexibility index (Phi) is 6.81. The topological polar surface area (TPSA) is 47.6 Å². The lowest BCUT2D eigenvalue weighted by Gasteiger charge is -2.08. The minimum Gasteiger partial charge on any atom is -0.492 e. The monoisotopic (exact) mass is 355 g/mol. The first kappa shape index (κ1) is 18.0. The van der Waals surface area contributed by atoms with Crippen molar-refractivity contribution in [1.82, 2.24) is 5.32 Å². The fourth-order valence-electron chi connectivity index (χ4n) is 1.93. The van der Waals surface area contributed by atoms with Crippen molar-refractivity contribution < 1.29 is 23.0 Å². The maximum absolute atomic E-state index is 12.0. The van der Waals surface area contributed by atoms with Crippen LogP contribution in [0.3, 0.4) is 0 Å². The molecular weight excluding hydrogens is 340 g/mol. The zero-order chi connectivity index (χ0) is 17.4. The van der Waals surface area contributed by atoms with Crippen LogP contribution in [0.4, 0.5) is 8.78 Å². The summed E-state index contributed by atoms with van der Waals surface area (Å²) in [7, 11) is 0. The van der Waals surface area contributed by atoms with Crippen molar-refractivity contribution in [2.45, 2.75) is 13.0 Å². The Labute approximate surface area is 143 Å². The molecule has 0 aromatic heterocycles. The van der Waals surface area contributed by atoms with E-state index in [2.05, 4.69) is 10.1 Å². The molecule has 0 atom stereocenters. The van der Waals surface area contributed by atoms with E-state index in [0.29, 0.717) is 29.5 Å². The van der Waals surface area contributed by atoms with Crippen LogP contribution in [0.2, 0.25) is 5.02 Å². The Morgan fingerprint density at radius 2 is 1.67 bits per heavy atom. The second-order valence-corrected chi connectivity index (χ2v) is 5.29. The van der Waals surface area contributed by atoms with Crippen LogP contribution in [0.25, 0.3) is 0 Å². The first-order chi connectivity index (χ1) is 11.5. The largest absolute Gasteiger partial charge is 0.492 e. The van der Waals surface area contributed by atoms with Crippen molar-refractivity contribution in [3.05, 3.63) is 59.1 Å². The lowest BCUT2D eigenvalue weighted by atomic mass is 10.1. The molecule has 128 valence electrons. The summed E-state index contributed by atoms with van der Waals surface area (Å²) in [5.74, 6) is 0.547. The smallest absolute Gasteiger partial charge is 0.387 e. The number of alkyl halides is 2. The molecule has 2 rings (SSSR count). The van der Waals surface area contributed by atoms with Crippen molar-refractivity contribution >= 4 is 17.5 Å². The molecule has 2 aromatic carbocycles. The Morgan fingerprint density at radius 1 is 1.04 bits per heavy atom. The maximum atomic E-state index is 12.0. The maximum Gasteiger partial charge on any atom is 0.387 e. The third-order valence-corrected chi connectivity index (χ3v) is 3.27. The third-order valence-electron chi connectivity index (χ3n) is 3.02. The molecule has 0 spiro atoms. The van der Waals surface area contributed by atoms with Crippen molar-refractivity contribution in [3.8, 4) is 11.5 Å².